The minimum Gasteiger partial charge on any atom is -0.351 e. The number of hydrogen-bond donors (Lipinski definition) is 1. The number of nitrogens with zero attached hydrogens (tertiary/aromatic N) is 3. The quantitative estimate of drug-likeness (QED) is 0.601. The highest BCUT2D eigenvalue weighted by molar-refractivity contribution is 5.72. The van der Waals surface area contributed by atoms with Gasteiger partial charge >= 0.3 is 0 Å². The number of rotatable bonds is 0. The van der Waals surface area contributed by atoms with Gasteiger partial charge in [0.25, 0.3) is 0 Å². The van der Waals surface area contributed by atoms with Crippen molar-refractivity contribution in [2.24, 2.45) is 0 Å². The third kappa shape index (κ3) is 2.60. The normalized spacial score (nSPS) is 9.33. The number of para-hydroxylation sites is 2. The van der Waals surface area contributed by atoms with Crippen LogP contribution in [-0.4, -0.2) is 19.9 Å². The maximum atomic E-state index is 4.12. The van der Waals surface area contributed by atoms with Crippen molar-refractivity contribution in [1.29, 1.82) is 0 Å². The van der Waals surface area contributed by atoms with Gasteiger partial charge in [0, 0.05) is 24.8 Å². The number of imidazole rings is 1. The summed E-state index contributed by atoms with van der Waals surface area (Å²) in [4.78, 5) is 14.7. The number of aromatic amines is 1. The summed E-state index contributed by atoms with van der Waals surface area (Å²) < 4.78 is 0. The van der Waals surface area contributed by atoms with Crippen LogP contribution >= 0.6 is 0 Å². The molecule has 2 heterocycles. The Morgan fingerprint density at radius 1 is 0.867 bits per heavy atom. The van der Waals surface area contributed by atoms with Crippen LogP contribution in [0.2, 0.25) is 0 Å². The van der Waals surface area contributed by atoms with Crippen molar-refractivity contribution < 1.29 is 0 Å². The molecule has 0 aliphatic carbocycles. The lowest BCUT2D eigenvalue weighted by atomic mass is 10.3. The zero-order chi connectivity index (χ0) is 10.3. The second kappa shape index (κ2) is 4.85. The van der Waals surface area contributed by atoms with Crippen molar-refractivity contribution >= 4 is 11.0 Å². The number of benzene rings is 1. The Balaban J connectivity index is 0.000000144. The smallest absolute Gasteiger partial charge is 0.0919 e. The van der Waals surface area contributed by atoms with Gasteiger partial charge in [-0.1, -0.05) is 12.1 Å². The van der Waals surface area contributed by atoms with E-state index in [-0.39, 0.29) is 0 Å². The Morgan fingerprint density at radius 3 is 1.93 bits per heavy atom. The summed E-state index contributed by atoms with van der Waals surface area (Å²) in [5.74, 6) is 0. The van der Waals surface area contributed by atoms with Crippen molar-refractivity contribution in [2.45, 2.75) is 0 Å². The van der Waals surface area contributed by atoms with Gasteiger partial charge in [-0.3, -0.25) is 9.97 Å². The highest BCUT2D eigenvalue weighted by Gasteiger charge is 1.88. The summed E-state index contributed by atoms with van der Waals surface area (Å²) in [5.41, 5.74) is 1.90. The molecule has 4 nitrogen and oxygen atoms in total. The van der Waals surface area contributed by atoms with Gasteiger partial charge in [0.15, 0.2) is 0 Å². The standard InChI is InChI=1S/C8H6N2.C3H4N2/c1-2-4-8-7(3-1)9-5-6-10-8;1-2-5-3-4-1/h1-6H;1-3H,(H,4,5). The van der Waals surface area contributed by atoms with E-state index in [4.69, 9.17) is 0 Å². The van der Waals surface area contributed by atoms with E-state index in [0.717, 1.165) is 11.0 Å². The molecule has 0 spiro atoms. The molecule has 0 saturated heterocycles. The minimum atomic E-state index is 0.949. The number of fused-ring (bicyclic) bond motifs is 1. The SMILES string of the molecule is c1c[nH]cn1.c1ccc2nccnc2c1. The molecule has 2 aromatic heterocycles. The second-order valence-corrected chi connectivity index (χ2v) is 2.81. The Labute approximate surface area is 87.0 Å². The van der Waals surface area contributed by atoms with Crippen LogP contribution in [0.3, 0.4) is 0 Å². The van der Waals surface area contributed by atoms with Gasteiger partial charge in [-0.05, 0) is 12.1 Å². The molecule has 0 unspecified atom stereocenters. The summed E-state index contributed by atoms with van der Waals surface area (Å²) in [5, 5.41) is 0. The predicted molar refractivity (Wildman–Crippen MR) is 58.1 cm³/mol. The molecule has 1 N–H and O–H groups in total. The first kappa shape index (κ1) is 9.33. The maximum absolute atomic E-state index is 4.12. The van der Waals surface area contributed by atoms with Gasteiger partial charge in [-0.15, -0.1) is 0 Å². The first-order chi connectivity index (χ1) is 7.47. The van der Waals surface area contributed by atoms with Gasteiger partial charge in [-0.2, -0.15) is 0 Å². The van der Waals surface area contributed by atoms with Gasteiger partial charge in [0.05, 0.1) is 17.4 Å². The molecule has 1 aromatic carbocycles. The molecule has 0 amide bonds. The van der Waals surface area contributed by atoms with Gasteiger partial charge in [0.2, 0.25) is 0 Å². The van der Waals surface area contributed by atoms with E-state index in [0.29, 0.717) is 0 Å². The van der Waals surface area contributed by atoms with Crippen LogP contribution in [-0.2, 0) is 0 Å². The molecule has 0 radical (unpaired) electrons. The second-order valence-electron chi connectivity index (χ2n) is 2.81. The van der Waals surface area contributed by atoms with E-state index >= 15 is 0 Å². The fourth-order valence-corrected chi connectivity index (χ4v) is 1.12. The van der Waals surface area contributed by atoms with Gasteiger partial charge < -0.3 is 4.98 Å². The fourth-order valence-electron chi connectivity index (χ4n) is 1.12. The summed E-state index contributed by atoms with van der Waals surface area (Å²) in [7, 11) is 0. The molecule has 0 bridgehead atoms. The van der Waals surface area contributed by atoms with Crippen LogP contribution in [0.25, 0.3) is 11.0 Å². The van der Waals surface area contributed by atoms with Crippen LogP contribution in [0.4, 0.5) is 0 Å². The van der Waals surface area contributed by atoms with E-state index in [1.807, 2.05) is 24.3 Å². The molecular formula is C11H10N4. The average Bonchev–Trinajstić information content (AvgIpc) is 2.88. The molecule has 4 heteroatoms. The van der Waals surface area contributed by atoms with Crippen molar-refractivity contribution in [3.8, 4) is 0 Å². The van der Waals surface area contributed by atoms with Crippen LogP contribution in [0, 0.1) is 0 Å². The Kier molecular flexibility index (Phi) is 3.02. The summed E-state index contributed by atoms with van der Waals surface area (Å²) in [6.45, 7) is 0. The van der Waals surface area contributed by atoms with E-state index in [2.05, 4.69) is 19.9 Å². The van der Waals surface area contributed by atoms with Gasteiger partial charge in [0.1, 0.15) is 0 Å². The Morgan fingerprint density at radius 2 is 1.53 bits per heavy atom. The van der Waals surface area contributed by atoms with E-state index in [9.17, 15) is 0 Å². The Bertz CT molecular complexity index is 422. The number of aromatic nitrogens is 4. The molecule has 0 fully saturated rings. The molecule has 3 rings (SSSR count). The van der Waals surface area contributed by atoms with Gasteiger partial charge in [-0.25, -0.2) is 4.98 Å². The molecule has 0 saturated carbocycles. The van der Waals surface area contributed by atoms with E-state index in [1.54, 1.807) is 31.1 Å². The molecule has 0 atom stereocenters. The molecule has 0 aliphatic rings. The lowest BCUT2D eigenvalue weighted by Crippen LogP contribution is -1.78. The molecule has 15 heavy (non-hydrogen) atoms. The largest absolute Gasteiger partial charge is 0.351 e. The monoisotopic (exact) mass is 198 g/mol. The zero-order valence-electron chi connectivity index (χ0n) is 8.04. The first-order valence-corrected chi connectivity index (χ1v) is 4.55. The van der Waals surface area contributed by atoms with E-state index in [1.165, 1.54) is 0 Å². The van der Waals surface area contributed by atoms with Crippen molar-refractivity contribution in [3.05, 3.63) is 55.4 Å². The highest BCUT2D eigenvalue weighted by atomic mass is 14.8. The number of hydrogen-bond acceptors (Lipinski definition) is 3. The van der Waals surface area contributed by atoms with Crippen LogP contribution in [0.1, 0.15) is 0 Å². The summed E-state index contributed by atoms with van der Waals surface area (Å²) >= 11 is 0. The maximum Gasteiger partial charge on any atom is 0.0919 e. The molecular weight excluding hydrogens is 188 g/mol. The van der Waals surface area contributed by atoms with Crippen LogP contribution in [0.5, 0.6) is 0 Å². The number of nitrogens with one attached hydrogen (secondary N) is 1. The lowest BCUT2D eigenvalue weighted by Gasteiger charge is -1.90. The number of H-pyrrole nitrogens is 1. The molecule has 0 aliphatic heterocycles. The third-order valence-corrected chi connectivity index (χ3v) is 1.78. The van der Waals surface area contributed by atoms with E-state index < -0.39 is 0 Å². The fraction of sp³-hybridized carbons (Fsp3) is 0. The average molecular weight is 198 g/mol. The minimum absolute atomic E-state index is 0.949. The topological polar surface area (TPSA) is 54.5 Å². The lowest BCUT2D eigenvalue weighted by molar-refractivity contribution is 1.29. The van der Waals surface area contributed by atoms with Crippen molar-refractivity contribution in [1.82, 2.24) is 19.9 Å². The summed E-state index contributed by atoms with van der Waals surface area (Å²) in [6, 6.07) is 7.80. The van der Waals surface area contributed by atoms with Crippen LogP contribution < -0.4 is 0 Å². The van der Waals surface area contributed by atoms with Crippen molar-refractivity contribution in [3.63, 3.8) is 0 Å². The molecule has 3 aromatic rings. The van der Waals surface area contributed by atoms with Crippen LogP contribution in [0.15, 0.2) is 55.4 Å². The zero-order valence-corrected chi connectivity index (χ0v) is 8.04. The first-order valence-electron chi connectivity index (χ1n) is 4.55. The predicted octanol–water partition coefficient (Wildman–Crippen LogP) is 2.04. The van der Waals surface area contributed by atoms with Crippen molar-refractivity contribution in [2.75, 3.05) is 0 Å². The third-order valence-electron chi connectivity index (χ3n) is 1.78. The summed E-state index contributed by atoms with van der Waals surface area (Å²) in [6.07, 6.45) is 8.48. The highest BCUT2D eigenvalue weighted by Crippen LogP contribution is 2.04. The Hall–Kier alpha value is -2.23. The molecule has 74 valence electrons.